The molecule has 0 spiro atoms. The van der Waals surface area contributed by atoms with Gasteiger partial charge < -0.3 is 9.73 Å². The van der Waals surface area contributed by atoms with Gasteiger partial charge in [-0.15, -0.1) is 0 Å². The van der Waals surface area contributed by atoms with Crippen molar-refractivity contribution in [3.63, 3.8) is 0 Å². The van der Waals surface area contributed by atoms with Crippen LogP contribution in [0.5, 0.6) is 0 Å². The Morgan fingerprint density at radius 1 is 1.00 bits per heavy atom. The van der Waals surface area contributed by atoms with E-state index in [4.69, 9.17) is 4.42 Å². The van der Waals surface area contributed by atoms with Crippen LogP contribution in [0.2, 0.25) is 0 Å². The number of aryl methyl sites for hydroxylation is 2. The Morgan fingerprint density at radius 3 is 2.55 bits per heavy atom. The lowest BCUT2D eigenvalue weighted by atomic mass is 10.0. The third kappa shape index (κ3) is 2.64. The van der Waals surface area contributed by atoms with Gasteiger partial charge in [-0.2, -0.15) is 0 Å². The summed E-state index contributed by atoms with van der Waals surface area (Å²) in [4.78, 5) is 4.53. The van der Waals surface area contributed by atoms with Crippen molar-refractivity contribution in [1.82, 2.24) is 0 Å². The predicted molar refractivity (Wildman–Crippen MR) is 90.5 cm³/mol. The first-order chi connectivity index (χ1) is 10.6. The Balaban J connectivity index is 2.28. The van der Waals surface area contributed by atoms with Gasteiger partial charge >= 0.3 is 0 Å². The summed E-state index contributed by atoms with van der Waals surface area (Å²) >= 11 is 0. The summed E-state index contributed by atoms with van der Waals surface area (Å²) in [6, 6.07) is 10.8. The van der Waals surface area contributed by atoms with Crippen LogP contribution in [0, 0.1) is 13.8 Å². The van der Waals surface area contributed by atoms with Crippen LogP contribution in [0.3, 0.4) is 0 Å². The van der Waals surface area contributed by atoms with Crippen molar-refractivity contribution < 1.29 is 9.73 Å². The average Bonchev–Trinajstić information content (AvgIpc) is 2.48. The van der Waals surface area contributed by atoms with E-state index in [9.17, 15) is 0 Å². The fourth-order valence-corrected chi connectivity index (χ4v) is 2.89. The molecule has 0 saturated carbocycles. The van der Waals surface area contributed by atoms with Gasteiger partial charge in [0.15, 0.2) is 0 Å². The van der Waals surface area contributed by atoms with Crippen molar-refractivity contribution in [2.24, 2.45) is 4.99 Å². The Hall–Kier alpha value is -2.13. The zero-order chi connectivity index (χ0) is 15.7. The highest BCUT2D eigenvalue weighted by Crippen LogP contribution is 2.29. The first-order valence-corrected chi connectivity index (χ1v) is 7.95. The molecule has 0 fully saturated rings. The number of rotatable bonds is 3. The van der Waals surface area contributed by atoms with E-state index in [2.05, 4.69) is 68.3 Å². The first kappa shape index (κ1) is 14.8. The van der Waals surface area contributed by atoms with Crippen molar-refractivity contribution in [2.75, 3.05) is 13.1 Å². The molecule has 3 nitrogen and oxygen atoms in total. The fraction of sp³-hybridized carbons (Fsp3) is 0.316. The number of nitrogens with two attached hydrogens (primary N) is 1. The van der Waals surface area contributed by atoms with E-state index in [1.54, 1.807) is 0 Å². The van der Waals surface area contributed by atoms with Crippen LogP contribution in [-0.4, -0.2) is 13.1 Å². The lowest BCUT2D eigenvalue weighted by Crippen LogP contribution is -2.77. The summed E-state index contributed by atoms with van der Waals surface area (Å²) < 4.78 is 6.15. The maximum absolute atomic E-state index is 6.15. The first-order valence-electron chi connectivity index (χ1n) is 7.95. The lowest BCUT2D eigenvalue weighted by molar-refractivity contribution is -0.568. The third-order valence-corrected chi connectivity index (χ3v) is 4.01. The topological polar surface area (TPSA) is 42.1 Å². The summed E-state index contributed by atoms with van der Waals surface area (Å²) in [6.45, 7) is 10.3. The van der Waals surface area contributed by atoms with Gasteiger partial charge in [0, 0.05) is 35.2 Å². The molecular formula is C19H23N2O+. The smallest absolute Gasteiger partial charge is 0.140 e. The molecule has 0 aromatic heterocycles. The van der Waals surface area contributed by atoms with Gasteiger partial charge in [0.25, 0.3) is 0 Å². The third-order valence-electron chi connectivity index (χ3n) is 4.01. The van der Waals surface area contributed by atoms with Crippen molar-refractivity contribution >= 4 is 16.7 Å². The number of fused-ring (bicyclic) bond motifs is 2. The maximum Gasteiger partial charge on any atom is 0.140 e. The van der Waals surface area contributed by atoms with Crippen molar-refractivity contribution in [3.8, 4) is 11.3 Å². The maximum atomic E-state index is 6.15. The Morgan fingerprint density at radius 2 is 1.82 bits per heavy atom. The largest absolute Gasteiger partial charge is 0.456 e. The minimum Gasteiger partial charge on any atom is -0.456 e. The molecule has 1 heterocycles. The standard InChI is InChI=1S/C19H22N2O/c1-5-20-16-10-18-14(7-12(16)3)9-15-8-13(4)17(21-6-2)11-19(15)22-18/h7-11,20H,5-6H2,1-4H3/p+1. The second-order valence-corrected chi connectivity index (χ2v) is 5.76. The van der Waals surface area contributed by atoms with Crippen molar-refractivity contribution in [3.05, 3.63) is 46.8 Å². The molecule has 2 aliphatic rings. The van der Waals surface area contributed by atoms with Gasteiger partial charge in [-0.1, -0.05) is 0 Å². The molecule has 1 aliphatic carbocycles. The van der Waals surface area contributed by atoms with E-state index in [1.807, 2.05) is 0 Å². The molecule has 114 valence electrons. The second-order valence-electron chi connectivity index (χ2n) is 5.76. The predicted octanol–water partition coefficient (Wildman–Crippen LogP) is 3.29. The van der Waals surface area contributed by atoms with Gasteiger partial charge in [-0.25, -0.2) is 0 Å². The van der Waals surface area contributed by atoms with E-state index in [-0.39, 0.29) is 0 Å². The molecule has 3 rings (SSSR count). The molecule has 0 saturated heterocycles. The Bertz CT molecular complexity index is 861. The molecule has 1 aliphatic heterocycles. The minimum absolute atomic E-state index is 0.786. The van der Waals surface area contributed by atoms with Crippen LogP contribution >= 0.6 is 0 Å². The quantitative estimate of drug-likeness (QED) is 0.585. The number of hydrogen-bond acceptors (Lipinski definition) is 2. The number of hydrogen-bond donors (Lipinski definition) is 1. The van der Waals surface area contributed by atoms with E-state index in [1.165, 1.54) is 16.8 Å². The minimum atomic E-state index is 0.786. The van der Waals surface area contributed by atoms with Gasteiger partial charge in [-0.05, 0) is 51.5 Å². The molecule has 1 aromatic rings. The van der Waals surface area contributed by atoms with Crippen molar-refractivity contribution in [1.29, 1.82) is 0 Å². The molecule has 2 N–H and O–H groups in total. The summed E-state index contributed by atoms with van der Waals surface area (Å²) in [5.74, 6) is 0.900. The molecule has 0 atom stereocenters. The van der Waals surface area contributed by atoms with Gasteiger partial charge in [0.1, 0.15) is 17.0 Å². The van der Waals surface area contributed by atoms with Crippen LogP contribution in [0.25, 0.3) is 22.3 Å². The summed E-state index contributed by atoms with van der Waals surface area (Å²) in [6.07, 6.45) is 0. The highest BCUT2D eigenvalue weighted by molar-refractivity contribution is 5.85. The number of quaternary nitrogens is 1. The lowest BCUT2D eigenvalue weighted by Gasteiger charge is -2.10. The molecule has 3 heteroatoms. The van der Waals surface area contributed by atoms with Crippen LogP contribution in [-0.2, 0) is 0 Å². The molecule has 0 radical (unpaired) electrons. The van der Waals surface area contributed by atoms with E-state index >= 15 is 0 Å². The summed E-state index contributed by atoms with van der Waals surface area (Å²) in [5.41, 5.74) is 5.80. The highest BCUT2D eigenvalue weighted by atomic mass is 16.3. The van der Waals surface area contributed by atoms with E-state index in [0.717, 1.165) is 40.7 Å². The zero-order valence-corrected chi connectivity index (χ0v) is 13.7. The molecular weight excluding hydrogens is 272 g/mol. The molecule has 0 unspecified atom stereocenters. The van der Waals surface area contributed by atoms with Crippen LogP contribution in [0.1, 0.15) is 25.0 Å². The SMILES string of the molecule is CCN=c1cc2oc3cc([NH2+]CC)c(C)cc3cc-2cc1C. The molecule has 0 amide bonds. The number of benzene rings is 2. The summed E-state index contributed by atoms with van der Waals surface area (Å²) in [7, 11) is 0. The monoisotopic (exact) mass is 295 g/mol. The van der Waals surface area contributed by atoms with E-state index < -0.39 is 0 Å². The van der Waals surface area contributed by atoms with E-state index in [0.29, 0.717) is 0 Å². The van der Waals surface area contributed by atoms with Gasteiger partial charge in [-0.3, -0.25) is 4.99 Å². The Kier molecular flexibility index (Phi) is 3.99. The van der Waals surface area contributed by atoms with Gasteiger partial charge in [0.05, 0.1) is 11.9 Å². The molecule has 0 bridgehead atoms. The van der Waals surface area contributed by atoms with Crippen LogP contribution in [0.4, 0.5) is 5.69 Å². The number of nitrogens with zero attached hydrogens (tertiary/aromatic N) is 1. The second kappa shape index (κ2) is 5.93. The van der Waals surface area contributed by atoms with Crippen LogP contribution < -0.4 is 10.7 Å². The van der Waals surface area contributed by atoms with Crippen LogP contribution in [0.15, 0.2) is 39.7 Å². The summed E-state index contributed by atoms with van der Waals surface area (Å²) in [5, 5.41) is 4.41. The Labute approximate surface area is 131 Å². The molecule has 22 heavy (non-hydrogen) atoms. The fourth-order valence-electron chi connectivity index (χ4n) is 2.89. The van der Waals surface area contributed by atoms with Gasteiger partial charge in [0.2, 0.25) is 0 Å². The normalized spacial score (nSPS) is 12.5. The average molecular weight is 295 g/mol. The zero-order valence-electron chi connectivity index (χ0n) is 13.7. The highest BCUT2D eigenvalue weighted by Gasteiger charge is 2.11. The molecule has 1 aromatic carbocycles. The van der Waals surface area contributed by atoms with Crippen molar-refractivity contribution in [2.45, 2.75) is 27.7 Å².